The molecule has 4 rings (SSSR count). The summed E-state index contributed by atoms with van der Waals surface area (Å²) in [5.41, 5.74) is 0.772. The van der Waals surface area contributed by atoms with E-state index in [0.717, 1.165) is 24.2 Å². The number of rotatable bonds is 6. The second-order valence-corrected chi connectivity index (χ2v) is 7.42. The molecular weight excluding hydrogens is 336 g/mol. The highest BCUT2D eigenvalue weighted by atomic mass is 32.1. The molecule has 0 N–H and O–H groups in total. The fourth-order valence-corrected chi connectivity index (χ4v) is 3.89. The van der Waals surface area contributed by atoms with E-state index in [1.165, 1.54) is 4.88 Å². The Hall–Kier alpha value is -2.47. The van der Waals surface area contributed by atoms with Gasteiger partial charge in [0, 0.05) is 17.5 Å². The fraction of sp³-hybridized carbons (Fsp3) is 0.316. The third-order valence-electron chi connectivity index (χ3n) is 4.66. The lowest BCUT2D eigenvalue weighted by atomic mass is 10.1. The topological polar surface area (TPSA) is 57.7 Å². The molecular formula is C19H18N2O3S. The smallest absolute Gasteiger partial charge is 0.262 e. The molecule has 1 saturated carbocycles. The largest absolute Gasteiger partial charge is 0.338 e. The maximum absolute atomic E-state index is 12.8. The maximum Gasteiger partial charge on any atom is 0.262 e. The van der Waals surface area contributed by atoms with Crippen molar-refractivity contribution >= 4 is 29.1 Å². The van der Waals surface area contributed by atoms with Crippen LogP contribution in [0.3, 0.4) is 0 Å². The molecule has 1 aromatic carbocycles. The Morgan fingerprint density at radius 1 is 1.08 bits per heavy atom. The first-order valence-corrected chi connectivity index (χ1v) is 9.30. The van der Waals surface area contributed by atoms with E-state index in [2.05, 4.69) is 6.07 Å². The molecule has 25 heavy (non-hydrogen) atoms. The van der Waals surface area contributed by atoms with Crippen molar-refractivity contribution in [2.24, 2.45) is 0 Å². The predicted molar refractivity (Wildman–Crippen MR) is 94.6 cm³/mol. The summed E-state index contributed by atoms with van der Waals surface area (Å²) in [6, 6.07) is 11.0. The zero-order chi connectivity index (χ0) is 17.4. The van der Waals surface area contributed by atoms with Crippen molar-refractivity contribution in [3.63, 3.8) is 0 Å². The van der Waals surface area contributed by atoms with Crippen molar-refractivity contribution in [3.05, 3.63) is 57.8 Å². The van der Waals surface area contributed by atoms with Crippen LogP contribution in [-0.2, 0) is 11.2 Å². The Morgan fingerprint density at radius 2 is 1.76 bits per heavy atom. The maximum atomic E-state index is 12.8. The average molecular weight is 354 g/mol. The van der Waals surface area contributed by atoms with E-state index in [4.69, 9.17) is 0 Å². The van der Waals surface area contributed by atoms with E-state index in [-0.39, 0.29) is 30.3 Å². The molecule has 1 aliphatic carbocycles. The van der Waals surface area contributed by atoms with Gasteiger partial charge in [-0.2, -0.15) is 0 Å². The summed E-state index contributed by atoms with van der Waals surface area (Å²) in [5.74, 6) is -0.889. The molecule has 2 aromatic rings. The summed E-state index contributed by atoms with van der Waals surface area (Å²) in [6.45, 7) is 0.459. The van der Waals surface area contributed by atoms with Crippen molar-refractivity contribution in [2.45, 2.75) is 25.3 Å². The monoisotopic (exact) mass is 354 g/mol. The van der Waals surface area contributed by atoms with Crippen molar-refractivity contribution < 1.29 is 14.4 Å². The molecule has 128 valence electrons. The minimum atomic E-state index is -0.372. The quantitative estimate of drug-likeness (QED) is 0.749. The number of nitrogens with zero attached hydrogens (tertiary/aromatic N) is 2. The van der Waals surface area contributed by atoms with Gasteiger partial charge >= 0.3 is 0 Å². The summed E-state index contributed by atoms with van der Waals surface area (Å²) >= 11 is 1.68. The van der Waals surface area contributed by atoms with Crippen LogP contribution in [0.4, 0.5) is 0 Å². The van der Waals surface area contributed by atoms with Crippen LogP contribution in [0.1, 0.15) is 38.4 Å². The van der Waals surface area contributed by atoms with Gasteiger partial charge in [0.25, 0.3) is 11.8 Å². The van der Waals surface area contributed by atoms with E-state index in [9.17, 15) is 14.4 Å². The lowest BCUT2D eigenvalue weighted by molar-refractivity contribution is -0.132. The molecule has 3 amide bonds. The molecule has 0 bridgehead atoms. The van der Waals surface area contributed by atoms with Crippen molar-refractivity contribution in [1.82, 2.24) is 9.80 Å². The zero-order valence-corrected chi connectivity index (χ0v) is 14.5. The Kier molecular flexibility index (Phi) is 4.13. The van der Waals surface area contributed by atoms with E-state index in [1.54, 1.807) is 35.6 Å². The molecule has 2 aliphatic rings. The first kappa shape index (κ1) is 16.0. The van der Waals surface area contributed by atoms with Crippen molar-refractivity contribution in [2.75, 3.05) is 13.1 Å². The molecule has 5 nitrogen and oxygen atoms in total. The average Bonchev–Trinajstić information content (AvgIpc) is 3.27. The van der Waals surface area contributed by atoms with Crippen LogP contribution < -0.4 is 0 Å². The fourth-order valence-electron chi connectivity index (χ4n) is 3.19. The molecule has 2 heterocycles. The van der Waals surface area contributed by atoms with Gasteiger partial charge in [-0.05, 0) is 42.8 Å². The number of benzene rings is 1. The van der Waals surface area contributed by atoms with E-state index < -0.39 is 0 Å². The molecule has 1 aromatic heterocycles. The standard InChI is InChI=1S/C19H18N2O3S/c22-17(20(13-7-8-13)10-9-14-4-3-11-25-14)12-21-18(23)15-5-1-2-6-16(15)19(21)24/h1-6,11,13H,7-10,12H2. The van der Waals surface area contributed by atoms with Crippen molar-refractivity contribution in [1.29, 1.82) is 0 Å². The van der Waals surface area contributed by atoms with Gasteiger partial charge in [0.1, 0.15) is 6.54 Å². The number of imide groups is 1. The Labute approximate surface area is 149 Å². The van der Waals surface area contributed by atoms with Crippen molar-refractivity contribution in [3.8, 4) is 0 Å². The van der Waals surface area contributed by atoms with Gasteiger partial charge in [-0.25, -0.2) is 0 Å². The second-order valence-electron chi connectivity index (χ2n) is 6.39. The van der Waals surface area contributed by atoms with Gasteiger partial charge in [-0.15, -0.1) is 11.3 Å². The van der Waals surface area contributed by atoms with Gasteiger partial charge in [0.05, 0.1) is 11.1 Å². The molecule has 0 saturated heterocycles. The number of fused-ring (bicyclic) bond motifs is 1. The number of amides is 3. The number of carbonyl (C=O) groups is 3. The van der Waals surface area contributed by atoms with Gasteiger partial charge in [-0.1, -0.05) is 18.2 Å². The van der Waals surface area contributed by atoms with Crippen LogP contribution in [0.15, 0.2) is 41.8 Å². The van der Waals surface area contributed by atoms with E-state index in [1.807, 2.05) is 16.3 Å². The minimum absolute atomic E-state index is 0.145. The lowest BCUT2D eigenvalue weighted by Crippen LogP contribution is -2.44. The summed E-state index contributed by atoms with van der Waals surface area (Å²) in [5, 5.41) is 2.03. The molecule has 6 heteroatoms. The Morgan fingerprint density at radius 3 is 2.32 bits per heavy atom. The van der Waals surface area contributed by atoms with Gasteiger partial charge in [0.2, 0.25) is 5.91 Å². The van der Waals surface area contributed by atoms with Crippen LogP contribution in [0.2, 0.25) is 0 Å². The van der Waals surface area contributed by atoms with Crippen LogP contribution in [0.5, 0.6) is 0 Å². The molecule has 1 fully saturated rings. The Bertz CT molecular complexity index is 792. The number of carbonyl (C=O) groups excluding carboxylic acids is 3. The SMILES string of the molecule is O=C1c2ccccc2C(=O)N1CC(=O)N(CCc1cccs1)C1CC1. The summed E-state index contributed by atoms with van der Waals surface area (Å²) in [4.78, 5) is 41.8. The van der Waals surface area contributed by atoms with Crippen LogP contribution >= 0.6 is 11.3 Å². The molecule has 0 atom stereocenters. The minimum Gasteiger partial charge on any atom is -0.338 e. The Balaban J connectivity index is 1.45. The third-order valence-corrected chi connectivity index (χ3v) is 5.59. The predicted octanol–water partition coefficient (Wildman–Crippen LogP) is 2.58. The molecule has 0 radical (unpaired) electrons. The van der Waals surface area contributed by atoms with Crippen LogP contribution in [0, 0.1) is 0 Å². The zero-order valence-electron chi connectivity index (χ0n) is 13.7. The van der Waals surface area contributed by atoms with Crippen LogP contribution in [0.25, 0.3) is 0 Å². The highest BCUT2D eigenvalue weighted by Gasteiger charge is 2.39. The molecule has 0 spiro atoms. The number of thiophene rings is 1. The highest BCUT2D eigenvalue weighted by Crippen LogP contribution is 2.28. The van der Waals surface area contributed by atoms with Gasteiger partial charge in [0.15, 0.2) is 0 Å². The first-order valence-electron chi connectivity index (χ1n) is 8.42. The molecule has 0 unspecified atom stereocenters. The summed E-state index contributed by atoms with van der Waals surface area (Å²) < 4.78 is 0. The van der Waals surface area contributed by atoms with E-state index >= 15 is 0 Å². The molecule has 1 aliphatic heterocycles. The highest BCUT2D eigenvalue weighted by molar-refractivity contribution is 7.09. The summed E-state index contributed by atoms with van der Waals surface area (Å²) in [7, 11) is 0. The first-order chi connectivity index (χ1) is 12.1. The lowest BCUT2D eigenvalue weighted by Gasteiger charge is -2.24. The second kappa shape index (κ2) is 6.44. The summed E-state index contributed by atoms with van der Waals surface area (Å²) in [6.07, 6.45) is 2.80. The number of hydrogen-bond acceptors (Lipinski definition) is 4. The number of hydrogen-bond donors (Lipinski definition) is 0. The van der Waals surface area contributed by atoms with Gasteiger partial charge in [-0.3, -0.25) is 19.3 Å². The van der Waals surface area contributed by atoms with Gasteiger partial charge < -0.3 is 4.90 Å². The third kappa shape index (κ3) is 3.09. The van der Waals surface area contributed by atoms with E-state index in [0.29, 0.717) is 17.7 Å². The van der Waals surface area contributed by atoms with Crippen LogP contribution in [-0.4, -0.2) is 46.7 Å². The normalized spacial score (nSPS) is 16.2.